The highest BCUT2D eigenvalue weighted by atomic mass is 14.4. The van der Waals surface area contributed by atoms with Crippen LogP contribution in [0.1, 0.15) is 166 Å². The van der Waals surface area contributed by atoms with Gasteiger partial charge in [-0.2, -0.15) is 0 Å². The second-order valence-corrected chi connectivity index (χ2v) is 13.6. The van der Waals surface area contributed by atoms with Crippen molar-refractivity contribution in [2.75, 3.05) is 0 Å². The molecule has 3 aliphatic carbocycles. The van der Waals surface area contributed by atoms with Crippen molar-refractivity contribution in [2.24, 2.45) is 29.6 Å². The van der Waals surface area contributed by atoms with Crippen molar-refractivity contribution in [3.05, 3.63) is 35.4 Å². The Morgan fingerprint density at radius 2 is 1.00 bits per heavy atom. The van der Waals surface area contributed by atoms with Gasteiger partial charge in [-0.3, -0.25) is 0 Å². The van der Waals surface area contributed by atoms with Crippen molar-refractivity contribution in [1.82, 2.24) is 0 Å². The largest absolute Gasteiger partial charge is 0.0654 e. The third-order valence-electron chi connectivity index (χ3n) is 11.0. The third-order valence-corrected chi connectivity index (χ3v) is 11.0. The van der Waals surface area contributed by atoms with Crippen molar-refractivity contribution in [2.45, 2.75) is 161 Å². The van der Waals surface area contributed by atoms with Crippen LogP contribution in [0.3, 0.4) is 0 Å². The minimum absolute atomic E-state index is 0.836. The summed E-state index contributed by atoms with van der Waals surface area (Å²) in [6, 6.07) is 9.95. The van der Waals surface area contributed by atoms with Gasteiger partial charge in [0.25, 0.3) is 0 Å². The van der Waals surface area contributed by atoms with Gasteiger partial charge in [0.15, 0.2) is 0 Å². The molecular weight excluding hydrogens is 432 g/mol. The Bertz CT molecular complexity index is 677. The fraction of sp³-hybridized carbons (Fsp3) is 0.833. The molecule has 36 heavy (non-hydrogen) atoms. The number of unbranched alkanes of at least 4 members (excludes halogenated alkanes) is 4. The minimum Gasteiger partial charge on any atom is -0.0654 e. The van der Waals surface area contributed by atoms with E-state index in [-0.39, 0.29) is 0 Å². The third kappa shape index (κ3) is 8.91. The van der Waals surface area contributed by atoms with Crippen LogP contribution in [0, 0.1) is 29.6 Å². The zero-order valence-corrected chi connectivity index (χ0v) is 24.3. The van der Waals surface area contributed by atoms with Crippen LogP contribution in [0.4, 0.5) is 0 Å². The van der Waals surface area contributed by atoms with Gasteiger partial charge in [0.05, 0.1) is 0 Å². The summed E-state index contributed by atoms with van der Waals surface area (Å²) in [5.41, 5.74) is 3.23. The lowest BCUT2D eigenvalue weighted by Crippen LogP contribution is -2.26. The molecule has 204 valence electrons. The molecule has 3 aliphatic rings. The predicted octanol–water partition coefficient (Wildman–Crippen LogP) is 11.7. The van der Waals surface area contributed by atoms with Gasteiger partial charge in [0, 0.05) is 0 Å². The maximum absolute atomic E-state index is 2.50. The Hall–Kier alpha value is -0.780. The van der Waals surface area contributed by atoms with Gasteiger partial charge in [-0.1, -0.05) is 115 Å². The molecule has 0 bridgehead atoms. The summed E-state index contributed by atoms with van der Waals surface area (Å²) in [6.45, 7) is 4.67. The molecule has 3 fully saturated rings. The average molecular weight is 493 g/mol. The monoisotopic (exact) mass is 492 g/mol. The Balaban J connectivity index is 1.10. The Morgan fingerprint density at radius 1 is 0.500 bits per heavy atom. The molecule has 0 heterocycles. The van der Waals surface area contributed by atoms with Crippen molar-refractivity contribution in [3.8, 4) is 0 Å². The summed E-state index contributed by atoms with van der Waals surface area (Å²) in [7, 11) is 0. The number of rotatable bonds is 13. The maximum atomic E-state index is 2.50. The van der Waals surface area contributed by atoms with Gasteiger partial charge in [-0.05, 0) is 111 Å². The second kappa shape index (κ2) is 15.6. The van der Waals surface area contributed by atoms with Gasteiger partial charge in [-0.25, -0.2) is 0 Å². The molecular formula is C36H60. The maximum Gasteiger partial charge on any atom is -0.0162 e. The molecule has 0 saturated heterocycles. The highest BCUT2D eigenvalue weighted by Crippen LogP contribution is 2.43. The molecule has 0 atom stereocenters. The van der Waals surface area contributed by atoms with Crippen LogP contribution in [0.25, 0.3) is 0 Å². The van der Waals surface area contributed by atoms with Crippen molar-refractivity contribution < 1.29 is 0 Å². The first-order valence-corrected chi connectivity index (χ1v) is 16.8. The summed E-state index contributed by atoms with van der Waals surface area (Å²) in [5.74, 6) is 6.07. The standard InChI is InChI=1S/C36H60/c1-3-5-7-8-10-30-15-23-34(24-16-30)36-27-19-32(20-28-36)12-11-31-17-25-35(26-18-31)33-21-13-29(14-22-33)9-6-4-2/h19-20,27-31,33-35H,3-18,21-26H2,1-2H3/t29-,30-,31-,33-,34-,35-. The van der Waals surface area contributed by atoms with Crippen LogP contribution in [-0.2, 0) is 6.42 Å². The summed E-state index contributed by atoms with van der Waals surface area (Å²) < 4.78 is 0. The van der Waals surface area contributed by atoms with Crippen molar-refractivity contribution in [3.63, 3.8) is 0 Å². The van der Waals surface area contributed by atoms with Crippen LogP contribution in [0.5, 0.6) is 0 Å². The number of hydrogen-bond donors (Lipinski definition) is 0. The van der Waals surface area contributed by atoms with E-state index < -0.39 is 0 Å². The molecule has 0 aliphatic heterocycles. The number of aryl methyl sites for hydroxylation is 1. The van der Waals surface area contributed by atoms with E-state index in [1.54, 1.807) is 36.8 Å². The molecule has 1 aromatic carbocycles. The van der Waals surface area contributed by atoms with Gasteiger partial charge in [0.1, 0.15) is 0 Å². The van der Waals surface area contributed by atoms with E-state index in [4.69, 9.17) is 0 Å². The van der Waals surface area contributed by atoms with E-state index in [1.807, 2.05) is 0 Å². The van der Waals surface area contributed by atoms with E-state index in [1.165, 1.54) is 116 Å². The molecule has 0 heteroatoms. The van der Waals surface area contributed by atoms with Crippen LogP contribution in [0.2, 0.25) is 0 Å². The van der Waals surface area contributed by atoms with Crippen LogP contribution >= 0.6 is 0 Å². The molecule has 0 unspecified atom stereocenters. The molecule has 0 amide bonds. The van der Waals surface area contributed by atoms with Gasteiger partial charge < -0.3 is 0 Å². The highest BCUT2D eigenvalue weighted by Gasteiger charge is 2.30. The molecule has 4 rings (SSSR count). The lowest BCUT2D eigenvalue weighted by Gasteiger charge is -2.38. The van der Waals surface area contributed by atoms with E-state index in [9.17, 15) is 0 Å². The smallest absolute Gasteiger partial charge is 0.0162 e. The first-order chi connectivity index (χ1) is 17.7. The Morgan fingerprint density at radius 3 is 1.56 bits per heavy atom. The summed E-state index contributed by atoms with van der Waals surface area (Å²) >= 11 is 0. The predicted molar refractivity (Wildman–Crippen MR) is 159 cm³/mol. The first-order valence-electron chi connectivity index (χ1n) is 16.8. The quantitative estimate of drug-likeness (QED) is 0.240. The molecule has 1 aromatic rings. The normalized spacial score (nSPS) is 31.4. The van der Waals surface area contributed by atoms with E-state index >= 15 is 0 Å². The fourth-order valence-corrected chi connectivity index (χ4v) is 8.36. The van der Waals surface area contributed by atoms with E-state index in [0.29, 0.717) is 0 Å². The SMILES string of the molecule is CCCCCC[C@H]1CC[C@H](c2ccc(CC[C@H]3CC[C@H]([C@H]4CC[C@H](CCCC)CC4)CC3)cc2)CC1. The molecule has 0 spiro atoms. The molecule has 3 saturated carbocycles. The number of hydrogen-bond acceptors (Lipinski definition) is 0. The summed E-state index contributed by atoms with van der Waals surface area (Å²) in [5, 5.41) is 0. The summed E-state index contributed by atoms with van der Waals surface area (Å²) in [6.07, 6.45) is 32.4. The van der Waals surface area contributed by atoms with Crippen molar-refractivity contribution in [1.29, 1.82) is 0 Å². The lowest BCUT2D eigenvalue weighted by molar-refractivity contribution is 0.140. The second-order valence-electron chi connectivity index (χ2n) is 13.6. The molecule has 0 N–H and O–H groups in total. The van der Waals surface area contributed by atoms with E-state index in [0.717, 1.165) is 35.5 Å². The molecule has 0 nitrogen and oxygen atoms in total. The van der Waals surface area contributed by atoms with E-state index in [2.05, 4.69) is 38.1 Å². The van der Waals surface area contributed by atoms with Crippen molar-refractivity contribution >= 4 is 0 Å². The van der Waals surface area contributed by atoms with Crippen LogP contribution < -0.4 is 0 Å². The van der Waals surface area contributed by atoms with Gasteiger partial charge in [-0.15, -0.1) is 0 Å². The van der Waals surface area contributed by atoms with Gasteiger partial charge >= 0.3 is 0 Å². The topological polar surface area (TPSA) is 0 Å². The first kappa shape index (κ1) is 28.2. The van der Waals surface area contributed by atoms with Crippen LogP contribution in [-0.4, -0.2) is 0 Å². The Kier molecular flexibility index (Phi) is 12.2. The zero-order chi connectivity index (χ0) is 25.0. The summed E-state index contributed by atoms with van der Waals surface area (Å²) in [4.78, 5) is 0. The van der Waals surface area contributed by atoms with Crippen LogP contribution in [0.15, 0.2) is 24.3 Å². The van der Waals surface area contributed by atoms with Gasteiger partial charge in [0.2, 0.25) is 0 Å². The Labute approximate surface area is 225 Å². The minimum atomic E-state index is 0.836. The molecule has 0 aromatic heterocycles. The average Bonchev–Trinajstić information content (AvgIpc) is 2.94. The number of benzene rings is 1. The highest BCUT2D eigenvalue weighted by molar-refractivity contribution is 5.26. The fourth-order valence-electron chi connectivity index (χ4n) is 8.36. The zero-order valence-electron chi connectivity index (χ0n) is 24.3. The molecule has 0 radical (unpaired) electrons. The lowest BCUT2D eigenvalue weighted by atomic mass is 9.68.